The smallest absolute Gasteiger partial charge is 0.258 e. The second-order valence-corrected chi connectivity index (χ2v) is 7.38. The van der Waals surface area contributed by atoms with Crippen LogP contribution in [0.2, 0.25) is 5.02 Å². The summed E-state index contributed by atoms with van der Waals surface area (Å²) >= 11 is 7.20. The molecule has 0 atom stereocenters. The fraction of sp³-hybridized carbons (Fsp3) is 0.263. The lowest BCUT2D eigenvalue weighted by molar-refractivity contribution is -0.121. The fourth-order valence-corrected chi connectivity index (χ4v) is 3.78. The molecule has 0 saturated heterocycles. The van der Waals surface area contributed by atoms with Crippen LogP contribution in [0.4, 0.5) is 0 Å². The molecule has 3 aromatic rings. The molecule has 1 amide bonds. The zero-order valence-corrected chi connectivity index (χ0v) is 16.3. The molecule has 0 saturated carbocycles. The summed E-state index contributed by atoms with van der Waals surface area (Å²) in [5, 5.41) is 5.23. The van der Waals surface area contributed by atoms with Crippen LogP contribution in [0.3, 0.4) is 0 Å². The highest BCUT2D eigenvalue weighted by Crippen LogP contribution is 2.13. The highest BCUT2D eigenvalue weighted by Gasteiger charge is 2.11. The lowest BCUT2D eigenvalue weighted by atomic mass is 10.1. The number of Topliss-reactive ketones (excluding diaryl/α,β-unsaturated/α-hetero) is 1. The highest BCUT2D eigenvalue weighted by atomic mass is 35.5. The topological polar surface area (TPSA) is 80.5 Å². The number of aryl methyl sites for hydroxylation is 1. The number of aromatic nitrogens is 2. The Kier molecular flexibility index (Phi) is 6.03. The van der Waals surface area contributed by atoms with Gasteiger partial charge < -0.3 is 5.32 Å². The van der Waals surface area contributed by atoms with Gasteiger partial charge in [-0.25, -0.2) is 4.98 Å². The first-order valence-electron chi connectivity index (χ1n) is 8.46. The van der Waals surface area contributed by atoms with Crippen LogP contribution < -0.4 is 10.9 Å². The van der Waals surface area contributed by atoms with Crippen molar-refractivity contribution >= 4 is 39.6 Å². The number of thiazole rings is 1. The predicted octanol–water partition coefficient (Wildman–Crippen LogP) is 3.04. The SMILES string of the molecule is Cc1cc(=O)n2c(CCNC(=O)CCC(=O)c3ccc(Cl)cc3)csc2n1. The second-order valence-electron chi connectivity index (χ2n) is 6.11. The third-order valence-corrected chi connectivity index (χ3v) is 5.18. The van der Waals surface area contributed by atoms with Gasteiger partial charge in [0, 0.05) is 59.2 Å². The minimum absolute atomic E-state index is 0.0985. The van der Waals surface area contributed by atoms with Gasteiger partial charge in [-0.2, -0.15) is 0 Å². The van der Waals surface area contributed by atoms with Crippen molar-refractivity contribution in [1.29, 1.82) is 0 Å². The van der Waals surface area contributed by atoms with Crippen LogP contribution in [0.25, 0.3) is 4.96 Å². The Morgan fingerprint density at radius 2 is 1.96 bits per heavy atom. The highest BCUT2D eigenvalue weighted by molar-refractivity contribution is 7.15. The average Bonchev–Trinajstić information content (AvgIpc) is 3.03. The summed E-state index contributed by atoms with van der Waals surface area (Å²) in [6.07, 6.45) is 0.769. The van der Waals surface area contributed by atoms with Crippen molar-refractivity contribution in [3.05, 3.63) is 68.0 Å². The summed E-state index contributed by atoms with van der Waals surface area (Å²) in [6.45, 7) is 2.17. The quantitative estimate of drug-likeness (QED) is 0.615. The van der Waals surface area contributed by atoms with Gasteiger partial charge in [-0.1, -0.05) is 11.6 Å². The molecule has 1 N–H and O–H groups in total. The molecular weight excluding hydrogens is 386 g/mol. The first-order chi connectivity index (χ1) is 12.9. The van der Waals surface area contributed by atoms with E-state index in [0.717, 1.165) is 5.69 Å². The number of carbonyl (C=O) groups is 2. The zero-order valence-electron chi connectivity index (χ0n) is 14.7. The van der Waals surface area contributed by atoms with Gasteiger partial charge >= 0.3 is 0 Å². The Labute approximate surface area is 164 Å². The van der Waals surface area contributed by atoms with Crippen molar-refractivity contribution in [2.75, 3.05) is 6.54 Å². The third kappa shape index (κ3) is 4.81. The molecular formula is C19H18ClN3O3S. The Hall–Kier alpha value is -2.51. The molecule has 140 valence electrons. The van der Waals surface area contributed by atoms with Crippen LogP contribution >= 0.6 is 22.9 Å². The number of amides is 1. The monoisotopic (exact) mass is 403 g/mol. The molecule has 27 heavy (non-hydrogen) atoms. The normalized spacial score (nSPS) is 10.9. The van der Waals surface area contributed by atoms with Crippen LogP contribution in [0, 0.1) is 6.92 Å². The van der Waals surface area contributed by atoms with Gasteiger partial charge in [0.25, 0.3) is 5.56 Å². The largest absolute Gasteiger partial charge is 0.356 e. The molecule has 0 aliphatic rings. The van der Waals surface area contributed by atoms with Gasteiger partial charge in [0.2, 0.25) is 5.91 Å². The number of halogens is 1. The standard InChI is InChI=1S/C19H18ClN3O3S/c1-12-10-18(26)23-15(11-27-19(23)22-12)8-9-21-17(25)7-6-16(24)13-2-4-14(20)5-3-13/h2-5,10-11H,6-9H2,1H3,(H,21,25). The molecule has 0 bridgehead atoms. The van der Waals surface area contributed by atoms with Crippen LogP contribution in [0.5, 0.6) is 0 Å². The molecule has 3 rings (SSSR count). The molecule has 2 heterocycles. The van der Waals surface area contributed by atoms with Crippen molar-refractivity contribution in [1.82, 2.24) is 14.7 Å². The van der Waals surface area contributed by atoms with Crippen molar-refractivity contribution in [2.45, 2.75) is 26.2 Å². The molecule has 1 aromatic carbocycles. The number of nitrogens with zero attached hydrogens (tertiary/aromatic N) is 2. The van der Waals surface area contributed by atoms with Gasteiger partial charge in [0.05, 0.1) is 0 Å². The lowest BCUT2D eigenvalue weighted by Crippen LogP contribution is -2.27. The molecule has 0 aliphatic heterocycles. The predicted molar refractivity (Wildman–Crippen MR) is 106 cm³/mol. The number of ketones is 1. The van der Waals surface area contributed by atoms with Crippen molar-refractivity contribution in [2.24, 2.45) is 0 Å². The molecule has 0 aliphatic carbocycles. The Morgan fingerprint density at radius 3 is 2.70 bits per heavy atom. The Bertz CT molecular complexity index is 1040. The van der Waals surface area contributed by atoms with Crippen LogP contribution in [0.15, 0.2) is 40.5 Å². The Morgan fingerprint density at radius 1 is 1.22 bits per heavy atom. The van der Waals surface area contributed by atoms with Crippen LogP contribution in [0.1, 0.15) is 34.6 Å². The molecule has 0 spiro atoms. The summed E-state index contributed by atoms with van der Waals surface area (Å²) in [5.74, 6) is -0.295. The number of fused-ring (bicyclic) bond motifs is 1. The van der Waals surface area contributed by atoms with Crippen molar-refractivity contribution in [3.63, 3.8) is 0 Å². The maximum Gasteiger partial charge on any atom is 0.258 e. The van der Waals surface area contributed by atoms with E-state index >= 15 is 0 Å². The van der Waals surface area contributed by atoms with Gasteiger partial charge in [0.15, 0.2) is 10.7 Å². The van der Waals surface area contributed by atoms with Crippen molar-refractivity contribution < 1.29 is 9.59 Å². The second kappa shape index (κ2) is 8.45. The molecule has 0 fully saturated rings. The number of nitrogens with one attached hydrogen (secondary N) is 1. The minimum Gasteiger partial charge on any atom is -0.356 e. The molecule has 0 radical (unpaired) electrons. The first-order valence-corrected chi connectivity index (χ1v) is 9.72. The lowest BCUT2D eigenvalue weighted by Gasteiger charge is -2.05. The van der Waals surface area contributed by atoms with E-state index in [1.54, 1.807) is 35.6 Å². The zero-order chi connectivity index (χ0) is 19.4. The van der Waals surface area contributed by atoms with E-state index in [1.807, 2.05) is 5.38 Å². The van der Waals surface area contributed by atoms with E-state index < -0.39 is 0 Å². The minimum atomic E-state index is -0.196. The Balaban J connectivity index is 1.49. The van der Waals surface area contributed by atoms with Gasteiger partial charge in [-0.15, -0.1) is 11.3 Å². The van der Waals surface area contributed by atoms with E-state index in [9.17, 15) is 14.4 Å². The number of benzene rings is 1. The van der Waals surface area contributed by atoms with Crippen LogP contribution in [-0.2, 0) is 11.2 Å². The first kappa shape index (κ1) is 19.3. The van der Waals surface area contributed by atoms with E-state index in [4.69, 9.17) is 11.6 Å². The summed E-state index contributed by atoms with van der Waals surface area (Å²) in [6, 6.07) is 8.09. The number of hydrogen-bond acceptors (Lipinski definition) is 5. The van der Waals surface area contributed by atoms with E-state index in [2.05, 4.69) is 10.3 Å². The number of hydrogen-bond donors (Lipinski definition) is 1. The number of rotatable bonds is 7. The van der Waals surface area contributed by atoms with Gasteiger partial charge in [-0.05, 0) is 31.2 Å². The maximum absolute atomic E-state index is 12.1. The summed E-state index contributed by atoms with van der Waals surface area (Å²) in [4.78, 5) is 41.1. The fourth-order valence-electron chi connectivity index (χ4n) is 2.68. The van der Waals surface area contributed by atoms with E-state index in [0.29, 0.717) is 34.2 Å². The van der Waals surface area contributed by atoms with E-state index in [-0.39, 0.29) is 30.1 Å². The van der Waals surface area contributed by atoms with E-state index in [1.165, 1.54) is 17.4 Å². The summed E-state index contributed by atoms with van der Waals surface area (Å²) in [5.41, 5.74) is 1.92. The maximum atomic E-state index is 12.1. The number of carbonyl (C=O) groups excluding carboxylic acids is 2. The molecule has 0 unspecified atom stereocenters. The van der Waals surface area contributed by atoms with Gasteiger partial charge in [-0.3, -0.25) is 18.8 Å². The molecule has 2 aromatic heterocycles. The van der Waals surface area contributed by atoms with Crippen LogP contribution in [-0.4, -0.2) is 27.6 Å². The van der Waals surface area contributed by atoms with Crippen molar-refractivity contribution in [3.8, 4) is 0 Å². The summed E-state index contributed by atoms with van der Waals surface area (Å²) < 4.78 is 1.56. The molecule has 8 heteroatoms. The third-order valence-electron chi connectivity index (χ3n) is 4.05. The average molecular weight is 404 g/mol. The molecule has 6 nitrogen and oxygen atoms in total. The summed E-state index contributed by atoms with van der Waals surface area (Å²) in [7, 11) is 0. The van der Waals surface area contributed by atoms with Gasteiger partial charge in [0.1, 0.15) is 0 Å².